The fourth-order valence-electron chi connectivity index (χ4n) is 2.24. The molecule has 1 atom stereocenters. The monoisotopic (exact) mass is 357 g/mol. The smallest absolute Gasteiger partial charge is 0.258 e. The van der Waals surface area contributed by atoms with Crippen LogP contribution in [0.1, 0.15) is 18.5 Å². The molecule has 0 spiro atoms. The van der Waals surface area contributed by atoms with E-state index in [1.54, 1.807) is 36.4 Å². The number of rotatable bonds is 6. The van der Waals surface area contributed by atoms with Crippen molar-refractivity contribution < 1.29 is 9.53 Å². The van der Waals surface area contributed by atoms with Gasteiger partial charge in [0.25, 0.3) is 5.91 Å². The lowest BCUT2D eigenvalue weighted by Gasteiger charge is -2.15. The Morgan fingerprint density at radius 2 is 1.92 bits per heavy atom. The quantitative estimate of drug-likeness (QED) is 0.733. The summed E-state index contributed by atoms with van der Waals surface area (Å²) in [6, 6.07) is 14.3. The van der Waals surface area contributed by atoms with E-state index in [-0.39, 0.29) is 18.6 Å². The first-order chi connectivity index (χ1) is 12.1. The van der Waals surface area contributed by atoms with Gasteiger partial charge in [-0.1, -0.05) is 23.7 Å². The maximum atomic E-state index is 12.0. The Morgan fingerprint density at radius 3 is 2.56 bits per heavy atom. The summed E-state index contributed by atoms with van der Waals surface area (Å²) in [7, 11) is 0. The van der Waals surface area contributed by atoms with Gasteiger partial charge in [0.15, 0.2) is 6.61 Å². The Bertz CT molecular complexity index is 819. The minimum atomic E-state index is -0.202. The molecular weight excluding hydrogens is 342 g/mol. The summed E-state index contributed by atoms with van der Waals surface area (Å²) in [6.07, 6.45) is 1.50. The van der Waals surface area contributed by atoms with Gasteiger partial charge in [-0.05, 0) is 59.3 Å². The molecule has 0 aliphatic carbocycles. The summed E-state index contributed by atoms with van der Waals surface area (Å²) < 4.78 is 7.03. The van der Waals surface area contributed by atoms with Crippen molar-refractivity contribution in [1.82, 2.24) is 25.5 Å². The van der Waals surface area contributed by atoms with Crippen molar-refractivity contribution in [3.8, 4) is 11.4 Å². The number of aromatic nitrogens is 4. The molecule has 1 aromatic heterocycles. The number of nitrogens with zero attached hydrogens (tertiary/aromatic N) is 4. The van der Waals surface area contributed by atoms with Crippen LogP contribution in [-0.2, 0) is 4.79 Å². The van der Waals surface area contributed by atoms with E-state index in [4.69, 9.17) is 16.3 Å². The van der Waals surface area contributed by atoms with Crippen LogP contribution in [0.5, 0.6) is 5.75 Å². The van der Waals surface area contributed by atoms with Crippen molar-refractivity contribution in [2.75, 3.05) is 6.61 Å². The molecule has 8 heteroatoms. The molecule has 0 saturated carbocycles. The molecule has 2 aromatic carbocycles. The van der Waals surface area contributed by atoms with Gasteiger partial charge in [0.2, 0.25) is 0 Å². The summed E-state index contributed by atoms with van der Waals surface area (Å²) in [5, 5.41) is 14.5. The third-order valence-electron chi connectivity index (χ3n) is 3.57. The third kappa shape index (κ3) is 4.54. The fraction of sp³-hybridized carbons (Fsp3) is 0.176. The topological polar surface area (TPSA) is 81.9 Å². The van der Waals surface area contributed by atoms with Gasteiger partial charge in [0.05, 0.1) is 11.7 Å². The Kier molecular flexibility index (Phi) is 5.25. The minimum absolute atomic E-state index is 0.0673. The Balaban J connectivity index is 1.51. The van der Waals surface area contributed by atoms with Gasteiger partial charge in [-0.15, -0.1) is 5.10 Å². The van der Waals surface area contributed by atoms with Crippen LogP contribution < -0.4 is 10.1 Å². The zero-order valence-electron chi connectivity index (χ0n) is 13.5. The van der Waals surface area contributed by atoms with Gasteiger partial charge in [-0.2, -0.15) is 0 Å². The highest BCUT2D eigenvalue weighted by Gasteiger charge is 2.10. The minimum Gasteiger partial charge on any atom is -0.484 e. The molecule has 0 fully saturated rings. The van der Waals surface area contributed by atoms with Gasteiger partial charge < -0.3 is 10.1 Å². The molecule has 1 amide bonds. The normalized spacial score (nSPS) is 11.8. The van der Waals surface area contributed by atoms with Gasteiger partial charge in [0, 0.05) is 5.02 Å². The maximum Gasteiger partial charge on any atom is 0.258 e. The van der Waals surface area contributed by atoms with Crippen LogP contribution in [-0.4, -0.2) is 32.7 Å². The van der Waals surface area contributed by atoms with E-state index in [0.717, 1.165) is 11.3 Å². The maximum absolute atomic E-state index is 12.0. The van der Waals surface area contributed by atoms with Gasteiger partial charge in [-0.25, -0.2) is 4.68 Å². The molecule has 7 nitrogen and oxygen atoms in total. The standard InChI is InChI=1S/C17H16ClN5O2/c1-12(13-2-4-14(18)5-3-13)20-17(24)10-25-16-8-6-15(7-9-16)23-11-19-21-22-23/h2-9,11-12H,10H2,1H3,(H,20,24). The molecule has 3 aromatic rings. The fourth-order valence-corrected chi connectivity index (χ4v) is 2.37. The number of halogens is 1. The number of amides is 1. The van der Waals surface area contributed by atoms with E-state index in [1.165, 1.54) is 11.0 Å². The second-order valence-electron chi connectivity index (χ2n) is 5.38. The van der Waals surface area contributed by atoms with Crippen LogP contribution in [0.2, 0.25) is 5.02 Å². The summed E-state index contributed by atoms with van der Waals surface area (Å²) >= 11 is 5.86. The number of hydrogen-bond donors (Lipinski definition) is 1. The average molecular weight is 358 g/mol. The highest BCUT2D eigenvalue weighted by atomic mass is 35.5. The first-order valence-electron chi connectivity index (χ1n) is 7.63. The third-order valence-corrected chi connectivity index (χ3v) is 3.82. The predicted molar refractivity (Wildman–Crippen MR) is 92.7 cm³/mol. The molecule has 1 unspecified atom stereocenters. The molecular formula is C17H16ClN5O2. The lowest BCUT2D eigenvalue weighted by molar-refractivity contribution is -0.123. The molecule has 25 heavy (non-hydrogen) atoms. The van der Waals surface area contributed by atoms with E-state index >= 15 is 0 Å². The molecule has 3 rings (SSSR count). The van der Waals surface area contributed by atoms with Crippen molar-refractivity contribution in [2.45, 2.75) is 13.0 Å². The Hall–Kier alpha value is -2.93. The first kappa shape index (κ1) is 16.9. The van der Waals surface area contributed by atoms with Crippen molar-refractivity contribution >= 4 is 17.5 Å². The largest absolute Gasteiger partial charge is 0.484 e. The summed E-state index contributed by atoms with van der Waals surface area (Å²) in [5.41, 5.74) is 1.78. The summed E-state index contributed by atoms with van der Waals surface area (Å²) in [5.74, 6) is 0.387. The first-order valence-corrected chi connectivity index (χ1v) is 8.00. The second kappa shape index (κ2) is 7.76. The van der Waals surface area contributed by atoms with Crippen molar-refractivity contribution in [3.05, 3.63) is 65.4 Å². The zero-order chi connectivity index (χ0) is 17.6. The highest BCUT2D eigenvalue weighted by Crippen LogP contribution is 2.16. The van der Waals surface area contributed by atoms with Gasteiger partial charge >= 0.3 is 0 Å². The predicted octanol–water partition coefficient (Wildman–Crippen LogP) is 2.57. The number of carbonyl (C=O) groups is 1. The molecule has 0 aliphatic heterocycles. The van der Waals surface area contributed by atoms with Gasteiger partial charge in [-0.3, -0.25) is 4.79 Å². The van der Waals surface area contributed by atoms with Crippen molar-refractivity contribution in [1.29, 1.82) is 0 Å². The summed E-state index contributed by atoms with van der Waals surface area (Å²) in [6.45, 7) is 1.84. The number of carbonyl (C=O) groups excluding carboxylic acids is 1. The second-order valence-corrected chi connectivity index (χ2v) is 5.81. The highest BCUT2D eigenvalue weighted by molar-refractivity contribution is 6.30. The summed E-state index contributed by atoms with van der Waals surface area (Å²) in [4.78, 5) is 12.0. The molecule has 0 aliphatic rings. The lowest BCUT2D eigenvalue weighted by atomic mass is 10.1. The number of ether oxygens (including phenoxy) is 1. The van der Waals surface area contributed by atoms with E-state index in [1.807, 2.05) is 19.1 Å². The van der Waals surface area contributed by atoms with Crippen molar-refractivity contribution in [3.63, 3.8) is 0 Å². The molecule has 1 heterocycles. The van der Waals surface area contributed by atoms with Crippen molar-refractivity contribution in [2.24, 2.45) is 0 Å². The molecule has 128 valence electrons. The van der Waals surface area contributed by atoms with E-state index in [9.17, 15) is 4.79 Å². The van der Waals surface area contributed by atoms with Crippen LogP contribution in [0.25, 0.3) is 5.69 Å². The van der Waals surface area contributed by atoms with E-state index in [2.05, 4.69) is 20.8 Å². The van der Waals surface area contributed by atoms with Crippen LogP contribution in [0, 0.1) is 0 Å². The van der Waals surface area contributed by atoms with Gasteiger partial charge in [0.1, 0.15) is 12.1 Å². The Morgan fingerprint density at radius 1 is 1.20 bits per heavy atom. The number of tetrazole rings is 1. The molecule has 1 N–H and O–H groups in total. The number of hydrogen-bond acceptors (Lipinski definition) is 5. The number of benzene rings is 2. The lowest BCUT2D eigenvalue weighted by Crippen LogP contribution is -2.31. The average Bonchev–Trinajstić information content (AvgIpc) is 3.15. The van der Waals surface area contributed by atoms with Crippen LogP contribution >= 0.6 is 11.6 Å². The van der Waals surface area contributed by atoms with E-state index < -0.39 is 0 Å². The van der Waals surface area contributed by atoms with Crippen LogP contribution in [0.3, 0.4) is 0 Å². The van der Waals surface area contributed by atoms with E-state index in [0.29, 0.717) is 10.8 Å². The SMILES string of the molecule is CC(NC(=O)COc1ccc(-n2cnnn2)cc1)c1ccc(Cl)cc1. The number of nitrogens with one attached hydrogen (secondary N) is 1. The molecule has 0 saturated heterocycles. The Labute approximate surface area is 149 Å². The molecule has 0 radical (unpaired) electrons. The zero-order valence-corrected chi connectivity index (χ0v) is 14.2. The van der Waals surface area contributed by atoms with Crippen LogP contribution in [0.15, 0.2) is 54.9 Å². The van der Waals surface area contributed by atoms with Crippen LogP contribution in [0.4, 0.5) is 0 Å². The molecule has 0 bridgehead atoms.